The smallest absolute Gasteiger partial charge is 0.387 e. The second-order valence-corrected chi connectivity index (χ2v) is 5.29. The van der Waals surface area contributed by atoms with Gasteiger partial charge in [-0.25, -0.2) is 4.98 Å². The molecule has 0 atom stereocenters. The van der Waals surface area contributed by atoms with Gasteiger partial charge in [0.15, 0.2) is 5.13 Å². The molecule has 3 aromatic rings. The predicted molar refractivity (Wildman–Crippen MR) is 94.2 cm³/mol. The van der Waals surface area contributed by atoms with E-state index in [0.717, 1.165) is 22.1 Å². The van der Waals surface area contributed by atoms with Crippen LogP contribution in [0, 0.1) is 0 Å². The molecule has 0 saturated carbocycles. The van der Waals surface area contributed by atoms with Crippen LogP contribution in [-0.4, -0.2) is 11.6 Å². The minimum atomic E-state index is -2.81. The number of hydrogen-bond acceptors (Lipinski definition) is 4. The van der Waals surface area contributed by atoms with Gasteiger partial charge < -0.3 is 10.1 Å². The first-order chi connectivity index (χ1) is 10.7. The van der Waals surface area contributed by atoms with Gasteiger partial charge in [0.1, 0.15) is 5.75 Å². The van der Waals surface area contributed by atoms with E-state index in [-0.39, 0.29) is 22.7 Å². The monoisotopic (exact) mass is 398 g/mol. The summed E-state index contributed by atoms with van der Waals surface area (Å²) in [4.78, 5) is 4.48. The first-order valence-corrected chi connectivity index (χ1v) is 7.41. The maximum atomic E-state index is 12.1. The van der Waals surface area contributed by atoms with E-state index in [2.05, 4.69) is 15.0 Å². The lowest BCUT2D eigenvalue weighted by Gasteiger charge is -2.04. The Labute approximate surface area is 146 Å². The molecule has 0 fully saturated rings. The van der Waals surface area contributed by atoms with E-state index in [1.165, 1.54) is 23.5 Å². The Bertz CT molecular complexity index is 735. The maximum absolute atomic E-state index is 12.1. The van der Waals surface area contributed by atoms with Crippen LogP contribution in [-0.2, 0) is 0 Å². The van der Waals surface area contributed by atoms with Crippen molar-refractivity contribution in [1.29, 1.82) is 0 Å². The number of aromatic nitrogens is 1. The molecule has 0 bridgehead atoms. The fourth-order valence-electron chi connectivity index (χ4n) is 1.92. The molecule has 1 N–H and O–H groups in total. The zero-order valence-corrected chi connectivity index (χ0v) is 14.3. The molecule has 0 saturated heterocycles. The van der Waals surface area contributed by atoms with Crippen LogP contribution in [0.3, 0.4) is 0 Å². The number of halogens is 3. The summed E-state index contributed by atoms with van der Waals surface area (Å²) in [6, 6.07) is 16.2. The summed E-state index contributed by atoms with van der Waals surface area (Å²) in [5.74, 6) is 0.136. The van der Waals surface area contributed by atoms with Gasteiger partial charge in [-0.2, -0.15) is 8.78 Å². The van der Waals surface area contributed by atoms with Crippen molar-refractivity contribution in [3.8, 4) is 17.0 Å². The minimum absolute atomic E-state index is 0. The number of ether oxygens (including phenoxy) is 1. The molecule has 0 radical (unpaired) electrons. The van der Waals surface area contributed by atoms with Crippen LogP contribution in [0.15, 0.2) is 60.0 Å². The van der Waals surface area contributed by atoms with Crippen molar-refractivity contribution in [2.75, 3.05) is 5.32 Å². The number of nitrogens with zero attached hydrogens (tertiary/aromatic N) is 1. The van der Waals surface area contributed by atoms with Gasteiger partial charge in [-0.3, -0.25) is 0 Å². The van der Waals surface area contributed by atoms with Gasteiger partial charge in [0.25, 0.3) is 0 Å². The molecular weight excluding hydrogens is 386 g/mol. The quantitative estimate of drug-likeness (QED) is 0.595. The molecule has 0 aliphatic carbocycles. The fraction of sp³-hybridized carbons (Fsp3) is 0.0625. The molecule has 7 heteroatoms. The Balaban J connectivity index is 0.00000192. The molecule has 23 heavy (non-hydrogen) atoms. The third kappa shape index (κ3) is 4.74. The number of benzene rings is 2. The topological polar surface area (TPSA) is 34.1 Å². The highest BCUT2D eigenvalue weighted by molar-refractivity contribution is 8.93. The summed E-state index contributed by atoms with van der Waals surface area (Å²) >= 11 is 1.48. The molecule has 3 rings (SSSR count). The Hall–Kier alpha value is -1.99. The summed E-state index contributed by atoms with van der Waals surface area (Å²) in [7, 11) is 0. The molecule has 0 amide bonds. The normalized spacial score (nSPS) is 10.2. The van der Waals surface area contributed by atoms with Crippen LogP contribution in [0.1, 0.15) is 0 Å². The predicted octanol–water partition coefficient (Wildman–Crippen LogP) is 5.73. The number of hydrogen-bond donors (Lipinski definition) is 1. The lowest BCUT2D eigenvalue weighted by Crippen LogP contribution is -2.01. The molecule has 0 aliphatic heterocycles. The number of para-hydroxylation sites is 1. The Morgan fingerprint density at radius 2 is 1.70 bits per heavy atom. The number of alkyl halides is 2. The van der Waals surface area contributed by atoms with E-state index in [0.29, 0.717) is 0 Å². The SMILES string of the molecule is Br.FC(F)Oc1ccc(-c2csc(Nc3ccccc3)n2)cc1. The standard InChI is InChI=1S/C16H12F2N2OS.BrH/c17-15(18)21-13-8-6-11(7-9-13)14-10-22-16(20-14)19-12-4-2-1-3-5-12;/h1-10,15H,(H,19,20);1H. The van der Waals surface area contributed by atoms with Crippen molar-refractivity contribution in [2.24, 2.45) is 0 Å². The molecule has 120 valence electrons. The van der Waals surface area contributed by atoms with Gasteiger partial charge in [-0.1, -0.05) is 18.2 Å². The van der Waals surface area contributed by atoms with Gasteiger partial charge in [0.2, 0.25) is 0 Å². The van der Waals surface area contributed by atoms with Crippen molar-refractivity contribution in [1.82, 2.24) is 4.98 Å². The summed E-state index contributed by atoms with van der Waals surface area (Å²) in [5, 5.41) is 5.90. The minimum Gasteiger partial charge on any atom is -0.435 e. The number of rotatable bonds is 5. The van der Waals surface area contributed by atoms with E-state index >= 15 is 0 Å². The molecule has 0 spiro atoms. The van der Waals surface area contributed by atoms with E-state index in [4.69, 9.17) is 0 Å². The number of anilines is 2. The van der Waals surface area contributed by atoms with Gasteiger partial charge in [-0.05, 0) is 36.4 Å². The second kappa shape index (κ2) is 8.03. The highest BCUT2D eigenvalue weighted by Crippen LogP contribution is 2.28. The molecule has 0 aliphatic rings. The average Bonchev–Trinajstić information content (AvgIpc) is 2.97. The zero-order chi connectivity index (χ0) is 15.4. The summed E-state index contributed by atoms with van der Waals surface area (Å²) in [6.45, 7) is -2.81. The Morgan fingerprint density at radius 3 is 2.35 bits per heavy atom. The van der Waals surface area contributed by atoms with E-state index < -0.39 is 6.61 Å². The fourth-order valence-corrected chi connectivity index (χ4v) is 2.66. The first-order valence-electron chi connectivity index (χ1n) is 6.53. The van der Waals surface area contributed by atoms with Crippen LogP contribution >= 0.6 is 28.3 Å². The molecular formula is C16H13BrF2N2OS. The highest BCUT2D eigenvalue weighted by atomic mass is 79.9. The summed E-state index contributed by atoms with van der Waals surface area (Å²) < 4.78 is 28.6. The van der Waals surface area contributed by atoms with Gasteiger partial charge in [0.05, 0.1) is 5.69 Å². The third-order valence-electron chi connectivity index (χ3n) is 2.90. The number of thiazole rings is 1. The second-order valence-electron chi connectivity index (χ2n) is 4.43. The van der Waals surface area contributed by atoms with E-state index in [1.54, 1.807) is 12.1 Å². The van der Waals surface area contributed by atoms with E-state index in [1.807, 2.05) is 35.7 Å². The van der Waals surface area contributed by atoms with Crippen molar-refractivity contribution >= 4 is 39.1 Å². The molecule has 1 heterocycles. The van der Waals surface area contributed by atoms with E-state index in [9.17, 15) is 8.78 Å². The Morgan fingerprint density at radius 1 is 1.00 bits per heavy atom. The third-order valence-corrected chi connectivity index (χ3v) is 3.66. The molecule has 3 nitrogen and oxygen atoms in total. The lowest BCUT2D eigenvalue weighted by molar-refractivity contribution is -0.0498. The molecule has 1 aromatic heterocycles. The zero-order valence-electron chi connectivity index (χ0n) is 11.8. The van der Waals surface area contributed by atoms with Crippen molar-refractivity contribution in [2.45, 2.75) is 6.61 Å². The average molecular weight is 399 g/mol. The van der Waals surface area contributed by atoms with Crippen LogP contribution in [0.25, 0.3) is 11.3 Å². The van der Waals surface area contributed by atoms with Gasteiger partial charge in [0, 0.05) is 16.6 Å². The van der Waals surface area contributed by atoms with Gasteiger partial charge >= 0.3 is 6.61 Å². The van der Waals surface area contributed by atoms with Crippen molar-refractivity contribution < 1.29 is 13.5 Å². The molecule has 2 aromatic carbocycles. The highest BCUT2D eigenvalue weighted by Gasteiger charge is 2.07. The van der Waals surface area contributed by atoms with Gasteiger partial charge in [-0.15, -0.1) is 28.3 Å². The van der Waals surface area contributed by atoms with Crippen LogP contribution in [0.4, 0.5) is 19.6 Å². The van der Waals surface area contributed by atoms with Crippen molar-refractivity contribution in [3.05, 3.63) is 60.0 Å². The number of nitrogens with one attached hydrogen (secondary N) is 1. The summed E-state index contributed by atoms with van der Waals surface area (Å²) in [5.41, 5.74) is 2.59. The largest absolute Gasteiger partial charge is 0.435 e. The lowest BCUT2D eigenvalue weighted by atomic mass is 10.2. The van der Waals surface area contributed by atoms with Crippen molar-refractivity contribution in [3.63, 3.8) is 0 Å². The first kappa shape index (κ1) is 17.4. The van der Waals surface area contributed by atoms with Crippen LogP contribution in [0.2, 0.25) is 0 Å². The Kier molecular flexibility index (Phi) is 6.06. The van der Waals surface area contributed by atoms with Crippen LogP contribution < -0.4 is 10.1 Å². The summed E-state index contributed by atoms with van der Waals surface area (Å²) in [6.07, 6.45) is 0. The molecule has 0 unspecified atom stereocenters. The maximum Gasteiger partial charge on any atom is 0.387 e. The van der Waals surface area contributed by atoms with Crippen LogP contribution in [0.5, 0.6) is 5.75 Å².